The van der Waals surface area contributed by atoms with Gasteiger partial charge in [0.1, 0.15) is 11.8 Å². The Bertz CT molecular complexity index is 1410. The van der Waals surface area contributed by atoms with Crippen LogP contribution in [-0.2, 0) is 14.8 Å². The molecular formula is C26H23NO5S. The van der Waals surface area contributed by atoms with E-state index in [1.807, 2.05) is 42.5 Å². The molecule has 0 aliphatic heterocycles. The predicted octanol–water partition coefficient (Wildman–Crippen LogP) is 4.93. The van der Waals surface area contributed by atoms with E-state index in [9.17, 15) is 13.2 Å². The highest BCUT2D eigenvalue weighted by molar-refractivity contribution is 7.89. The molecule has 0 bridgehead atoms. The fourth-order valence-corrected chi connectivity index (χ4v) is 4.76. The van der Waals surface area contributed by atoms with E-state index in [1.54, 1.807) is 19.2 Å². The highest BCUT2D eigenvalue weighted by Crippen LogP contribution is 2.29. The number of fused-ring (bicyclic) bond motifs is 1. The van der Waals surface area contributed by atoms with E-state index in [2.05, 4.69) is 22.9 Å². The van der Waals surface area contributed by atoms with Crippen LogP contribution in [0.5, 0.6) is 5.75 Å². The van der Waals surface area contributed by atoms with E-state index in [-0.39, 0.29) is 4.90 Å². The first kappa shape index (κ1) is 22.5. The largest absolute Gasteiger partial charge is 0.497 e. The molecule has 33 heavy (non-hydrogen) atoms. The first-order valence-corrected chi connectivity index (χ1v) is 11.8. The summed E-state index contributed by atoms with van der Waals surface area (Å²) in [6.45, 7) is 1.28. The number of rotatable bonds is 7. The number of carboxylic acids is 1. The van der Waals surface area contributed by atoms with Crippen molar-refractivity contribution >= 4 is 26.8 Å². The Labute approximate surface area is 192 Å². The van der Waals surface area contributed by atoms with Gasteiger partial charge in [-0.2, -0.15) is 4.72 Å². The summed E-state index contributed by atoms with van der Waals surface area (Å²) in [6, 6.07) is 25.4. The van der Waals surface area contributed by atoms with Gasteiger partial charge in [0.25, 0.3) is 0 Å². The Morgan fingerprint density at radius 1 is 0.788 bits per heavy atom. The third-order valence-corrected chi connectivity index (χ3v) is 7.02. The molecule has 0 amide bonds. The van der Waals surface area contributed by atoms with Gasteiger partial charge in [-0.15, -0.1) is 0 Å². The summed E-state index contributed by atoms with van der Waals surface area (Å²) in [5.41, 5.74) is 3.97. The minimum Gasteiger partial charge on any atom is -0.497 e. The second-order valence-corrected chi connectivity index (χ2v) is 9.42. The maximum absolute atomic E-state index is 12.3. The third-order valence-electron chi connectivity index (χ3n) is 5.47. The van der Waals surface area contributed by atoms with Gasteiger partial charge in [-0.05, 0) is 70.3 Å². The van der Waals surface area contributed by atoms with Crippen molar-refractivity contribution in [2.24, 2.45) is 0 Å². The number of carboxylic acid groups (broad SMARTS) is 1. The molecule has 0 aromatic heterocycles. The number of nitrogens with one attached hydrogen (secondary N) is 1. The van der Waals surface area contributed by atoms with Gasteiger partial charge in [0.05, 0.1) is 12.0 Å². The maximum Gasteiger partial charge on any atom is 0.321 e. The van der Waals surface area contributed by atoms with E-state index in [0.717, 1.165) is 38.8 Å². The first-order chi connectivity index (χ1) is 15.8. The number of sulfonamides is 1. The van der Waals surface area contributed by atoms with Crippen LogP contribution in [0.3, 0.4) is 0 Å². The van der Waals surface area contributed by atoms with E-state index < -0.39 is 22.0 Å². The average Bonchev–Trinajstić information content (AvgIpc) is 2.83. The smallest absolute Gasteiger partial charge is 0.321 e. The normalized spacial score (nSPS) is 12.4. The van der Waals surface area contributed by atoms with E-state index in [1.165, 1.54) is 19.1 Å². The Balaban J connectivity index is 1.55. The van der Waals surface area contributed by atoms with Gasteiger partial charge >= 0.3 is 5.97 Å². The summed E-state index contributed by atoms with van der Waals surface area (Å²) < 4.78 is 32.1. The van der Waals surface area contributed by atoms with Gasteiger partial charge < -0.3 is 9.84 Å². The Morgan fingerprint density at radius 2 is 1.27 bits per heavy atom. The monoisotopic (exact) mass is 461 g/mol. The fourth-order valence-electron chi connectivity index (χ4n) is 3.56. The number of benzene rings is 4. The molecule has 0 radical (unpaired) electrons. The molecule has 0 aliphatic rings. The minimum absolute atomic E-state index is 0.0174. The van der Waals surface area contributed by atoms with Crippen molar-refractivity contribution in [3.05, 3.63) is 84.9 Å². The lowest BCUT2D eigenvalue weighted by molar-refractivity contribution is -0.138. The quantitative estimate of drug-likeness (QED) is 0.407. The van der Waals surface area contributed by atoms with Crippen LogP contribution in [-0.4, -0.2) is 32.6 Å². The molecule has 0 heterocycles. The van der Waals surface area contributed by atoms with Crippen LogP contribution in [0.15, 0.2) is 89.8 Å². The second kappa shape index (κ2) is 9.05. The lowest BCUT2D eigenvalue weighted by Crippen LogP contribution is -2.38. The summed E-state index contributed by atoms with van der Waals surface area (Å²) >= 11 is 0. The number of aliphatic carboxylic acids is 1. The molecule has 4 aromatic carbocycles. The van der Waals surface area contributed by atoms with Crippen molar-refractivity contribution in [1.82, 2.24) is 4.72 Å². The Hall–Kier alpha value is -3.68. The molecule has 0 unspecified atom stereocenters. The Morgan fingerprint density at radius 3 is 1.85 bits per heavy atom. The van der Waals surface area contributed by atoms with Crippen molar-refractivity contribution in [3.8, 4) is 28.0 Å². The van der Waals surface area contributed by atoms with Gasteiger partial charge in [0, 0.05) is 0 Å². The Kier molecular flexibility index (Phi) is 6.18. The van der Waals surface area contributed by atoms with Crippen LogP contribution in [0.4, 0.5) is 0 Å². The standard InChI is InChI=1S/C26H23NO5S/c1-17(26(28)29)27-33(30,31)25-13-10-19(11-14-25)18-3-5-20(6-4-18)21-7-8-23-16-24(32-2)12-9-22(23)15-21/h3-17,27H,1-2H3,(H,28,29)/t17-/m0/s1. The van der Waals surface area contributed by atoms with Crippen LogP contribution in [0.1, 0.15) is 6.92 Å². The van der Waals surface area contributed by atoms with Crippen LogP contribution in [0.25, 0.3) is 33.0 Å². The topological polar surface area (TPSA) is 92.7 Å². The molecule has 6 nitrogen and oxygen atoms in total. The molecule has 0 saturated carbocycles. The maximum atomic E-state index is 12.3. The van der Waals surface area contributed by atoms with Gasteiger partial charge in [-0.1, -0.05) is 54.6 Å². The molecule has 0 fully saturated rings. The zero-order valence-corrected chi connectivity index (χ0v) is 19.0. The first-order valence-electron chi connectivity index (χ1n) is 10.3. The molecule has 168 valence electrons. The number of methoxy groups -OCH3 is 1. The summed E-state index contributed by atoms with van der Waals surface area (Å²) in [6.07, 6.45) is 0. The molecule has 0 aliphatic carbocycles. The zero-order valence-electron chi connectivity index (χ0n) is 18.1. The molecule has 4 rings (SSSR count). The van der Waals surface area contributed by atoms with Crippen LogP contribution in [0.2, 0.25) is 0 Å². The SMILES string of the molecule is COc1ccc2cc(-c3ccc(-c4ccc(S(=O)(=O)N[C@@H](C)C(=O)O)cc4)cc3)ccc2c1. The van der Waals surface area contributed by atoms with Crippen molar-refractivity contribution in [2.45, 2.75) is 17.9 Å². The highest BCUT2D eigenvalue weighted by atomic mass is 32.2. The number of carbonyl (C=O) groups is 1. The molecule has 7 heteroatoms. The summed E-state index contributed by atoms with van der Waals surface area (Å²) in [7, 11) is -2.25. The van der Waals surface area contributed by atoms with E-state index in [0.29, 0.717) is 0 Å². The molecule has 0 saturated heterocycles. The van der Waals surface area contributed by atoms with Gasteiger partial charge in [0.2, 0.25) is 10.0 Å². The van der Waals surface area contributed by atoms with Crippen LogP contribution in [0, 0.1) is 0 Å². The van der Waals surface area contributed by atoms with Gasteiger partial charge in [0.15, 0.2) is 0 Å². The van der Waals surface area contributed by atoms with E-state index >= 15 is 0 Å². The highest BCUT2D eigenvalue weighted by Gasteiger charge is 2.21. The lowest BCUT2D eigenvalue weighted by atomic mass is 9.98. The molecule has 1 atom stereocenters. The van der Waals surface area contributed by atoms with Crippen molar-refractivity contribution in [3.63, 3.8) is 0 Å². The number of hydrogen-bond donors (Lipinski definition) is 2. The predicted molar refractivity (Wildman–Crippen MR) is 129 cm³/mol. The molecule has 0 spiro atoms. The average molecular weight is 462 g/mol. The van der Waals surface area contributed by atoms with Crippen LogP contribution >= 0.6 is 0 Å². The zero-order chi connectivity index (χ0) is 23.6. The van der Waals surface area contributed by atoms with Crippen molar-refractivity contribution in [1.29, 1.82) is 0 Å². The second-order valence-electron chi connectivity index (χ2n) is 7.71. The molecular weight excluding hydrogens is 438 g/mol. The summed E-state index contributed by atoms with van der Waals surface area (Å²) in [5, 5.41) is 11.2. The number of hydrogen-bond acceptors (Lipinski definition) is 4. The molecule has 2 N–H and O–H groups in total. The lowest BCUT2D eigenvalue weighted by Gasteiger charge is -2.11. The fraction of sp³-hybridized carbons (Fsp3) is 0.115. The third kappa shape index (κ3) is 4.89. The van der Waals surface area contributed by atoms with Crippen molar-refractivity contribution < 1.29 is 23.1 Å². The summed E-state index contributed by atoms with van der Waals surface area (Å²) in [4.78, 5) is 11.0. The van der Waals surface area contributed by atoms with Crippen LogP contribution < -0.4 is 9.46 Å². The summed E-state index contributed by atoms with van der Waals surface area (Å²) in [5.74, 6) is -0.410. The van der Waals surface area contributed by atoms with Gasteiger partial charge in [-0.3, -0.25) is 4.79 Å². The van der Waals surface area contributed by atoms with Gasteiger partial charge in [-0.25, -0.2) is 8.42 Å². The van der Waals surface area contributed by atoms with Crippen molar-refractivity contribution in [2.75, 3.05) is 7.11 Å². The van der Waals surface area contributed by atoms with E-state index in [4.69, 9.17) is 9.84 Å². The number of ether oxygens (including phenoxy) is 1. The minimum atomic E-state index is -3.91. The molecule has 4 aromatic rings.